The summed E-state index contributed by atoms with van der Waals surface area (Å²) in [7, 11) is 3.21. The molecule has 0 bridgehead atoms. The number of carbonyl (C=O) groups is 1. The van der Waals surface area contributed by atoms with Crippen LogP contribution in [0.3, 0.4) is 0 Å². The Bertz CT molecular complexity index is 769. The van der Waals surface area contributed by atoms with Crippen molar-refractivity contribution in [1.82, 2.24) is 4.90 Å². The Morgan fingerprint density at radius 2 is 1.82 bits per heavy atom. The number of hydrogen-bond donors (Lipinski definition) is 1. The predicted molar refractivity (Wildman–Crippen MR) is 109 cm³/mol. The largest absolute Gasteiger partial charge is 0.497 e. The van der Waals surface area contributed by atoms with Crippen molar-refractivity contribution in [2.45, 2.75) is 31.8 Å². The number of piperidine rings is 1. The summed E-state index contributed by atoms with van der Waals surface area (Å²) in [6.07, 6.45) is 2.28. The van der Waals surface area contributed by atoms with Gasteiger partial charge in [0, 0.05) is 24.7 Å². The average Bonchev–Trinajstić information content (AvgIpc) is 2.74. The van der Waals surface area contributed by atoms with Crippen molar-refractivity contribution < 1.29 is 19.4 Å². The lowest BCUT2D eigenvalue weighted by Crippen LogP contribution is -2.42. The molecule has 0 saturated carbocycles. The summed E-state index contributed by atoms with van der Waals surface area (Å²) in [6, 6.07) is 15.6. The van der Waals surface area contributed by atoms with Gasteiger partial charge in [-0.05, 0) is 36.8 Å². The smallest absolute Gasteiger partial charge is 0.227 e. The second-order valence-corrected chi connectivity index (χ2v) is 7.33. The van der Waals surface area contributed by atoms with Gasteiger partial charge in [0.15, 0.2) is 0 Å². The number of hydrogen-bond acceptors (Lipinski definition) is 4. The Kier molecular flexibility index (Phi) is 6.93. The molecule has 2 aromatic rings. The molecule has 0 aliphatic carbocycles. The summed E-state index contributed by atoms with van der Waals surface area (Å²) in [5.41, 5.74) is 2.01. The maximum absolute atomic E-state index is 12.7. The van der Waals surface area contributed by atoms with Crippen LogP contribution >= 0.6 is 0 Å². The lowest BCUT2D eigenvalue weighted by molar-refractivity contribution is -0.132. The fourth-order valence-electron chi connectivity index (χ4n) is 3.83. The first-order valence-electron chi connectivity index (χ1n) is 9.81. The number of methoxy groups -OCH3 is 2. The van der Waals surface area contributed by atoms with Gasteiger partial charge in [-0.2, -0.15) is 0 Å². The Morgan fingerprint density at radius 1 is 1.11 bits per heavy atom. The van der Waals surface area contributed by atoms with E-state index in [4.69, 9.17) is 9.47 Å². The molecule has 1 heterocycles. The van der Waals surface area contributed by atoms with Crippen molar-refractivity contribution in [3.8, 4) is 11.5 Å². The first kappa shape index (κ1) is 20.2. The zero-order valence-electron chi connectivity index (χ0n) is 16.6. The first-order chi connectivity index (χ1) is 13.6. The first-order valence-corrected chi connectivity index (χ1v) is 9.81. The molecule has 0 unspecified atom stereocenters. The normalized spacial score (nSPS) is 15.9. The third-order valence-electron chi connectivity index (χ3n) is 5.56. The van der Waals surface area contributed by atoms with Gasteiger partial charge in [-0.1, -0.05) is 36.4 Å². The second-order valence-electron chi connectivity index (χ2n) is 7.33. The number of amides is 1. The summed E-state index contributed by atoms with van der Waals surface area (Å²) in [5, 5.41) is 10.6. The Balaban J connectivity index is 1.52. The van der Waals surface area contributed by atoms with Crippen LogP contribution in [0.15, 0.2) is 48.5 Å². The molecule has 150 valence electrons. The average molecular weight is 383 g/mol. The minimum Gasteiger partial charge on any atom is -0.497 e. The third-order valence-corrected chi connectivity index (χ3v) is 5.56. The highest BCUT2D eigenvalue weighted by Gasteiger charge is 2.27. The van der Waals surface area contributed by atoms with Gasteiger partial charge in [-0.15, -0.1) is 0 Å². The van der Waals surface area contributed by atoms with Crippen LogP contribution in [0, 0.1) is 5.92 Å². The van der Waals surface area contributed by atoms with Crippen molar-refractivity contribution in [3.63, 3.8) is 0 Å². The minimum atomic E-state index is -0.360. The maximum atomic E-state index is 12.7. The van der Waals surface area contributed by atoms with Gasteiger partial charge in [0.2, 0.25) is 5.91 Å². The SMILES string of the molecule is COc1ccc(CC(=O)N2CCC([C@H](O)Cc3ccccc3)CC2)c(OC)c1. The van der Waals surface area contributed by atoms with Crippen LogP contribution in [-0.2, 0) is 17.6 Å². The van der Waals surface area contributed by atoms with E-state index in [1.807, 2.05) is 47.4 Å². The number of aliphatic hydroxyl groups excluding tert-OH is 1. The van der Waals surface area contributed by atoms with Crippen molar-refractivity contribution in [2.24, 2.45) is 5.92 Å². The lowest BCUT2D eigenvalue weighted by Gasteiger charge is -2.34. The monoisotopic (exact) mass is 383 g/mol. The van der Waals surface area contributed by atoms with E-state index in [-0.39, 0.29) is 17.9 Å². The molecule has 0 spiro atoms. The van der Waals surface area contributed by atoms with Crippen LogP contribution in [0.5, 0.6) is 11.5 Å². The molecule has 0 aromatic heterocycles. The van der Waals surface area contributed by atoms with Gasteiger partial charge >= 0.3 is 0 Å². The number of carbonyl (C=O) groups excluding carboxylic acids is 1. The van der Waals surface area contributed by atoms with E-state index in [9.17, 15) is 9.90 Å². The standard InChI is InChI=1S/C23H29NO4/c1-27-20-9-8-19(22(16-20)28-2)15-23(26)24-12-10-18(11-13-24)21(25)14-17-6-4-3-5-7-17/h3-9,16,18,21,25H,10-15H2,1-2H3/t21-/m1/s1. The van der Waals surface area contributed by atoms with Gasteiger partial charge in [-0.25, -0.2) is 0 Å². The summed E-state index contributed by atoms with van der Waals surface area (Å²) in [4.78, 5) is 14.6. The summed E-state index contributed by atoms with van der Waals surface area (Å²) >= 11 is 0. The van der Waals surface area contributed by atoms with E-state index < -0.39 is 0 Å². The molecule has 1 aliphatic heterocycles. The fraction of sp³-hybridized carbons (Fsp3) is 0.435. The van der Waals surface area contributed by atoms with Crippen LogP contribution in [-0.4, -0.2) is 49.3 Å². The molecule has 1 fully saturated rings. The van der Waals surface area contributed by atoms with E-state index in [2.05, 4.69) is 0 Å². The number of rotatable bonds is 7. The number of nitrogens with zero attached hydrogens (tertiary/aromatic N) is 1. The van der Waals surface area contributed by atoms with Crippen LogP contribution in [0.25, 0.3) is 0 Å². The fourth-order valence-corrected chi connectivity index (χ4v) is 3.83. The second kappa shape index (κ2) is 9.60. The van der Waals surface area contributed by atoms with Gasteiger partial charge in [-0.3, -0.25) is 4.79 Å². The van der Waals surface area contributed by atoms with Gasteiger partial charge in [0.25, 0.3) is 0 Å². The van der Waals surface area contributed by atoms with Gasteiger partial charge in [0.05, 0.1) is 26.7 Å². The molecule has 0 radical (unpaired) electrons. The van der Waals surface area contributed by atoms with Crippen LogP contribution in [0.2, 0.25) is 0 Å². The molecule has 1 N–H and O–H groups in total. The zero-order chi connectivity index (χ0) is 19.9. The van der Waals surface area contributed by atoms with Crippen molar-refractivity contribution in [1.29, 1.82) is 0 Å². The lowest BCUT2D eigenvalue weighted by atomic mass is 9.88. The van der Waals surface area contributed by atoms with E-state index >= 15 is 0 Å². The molecule has 1 saturated heterocycles. The summed E-state index contributed by atoms with van der Waals surface area (Å²) in [6.45, 7) is 1.38. The minimum absolute atomic E-state index is 0.0967. The van der Waals surface area contributed by atoms with Crippen LogP contribution in [0.4, 0.5) is 0 Å². The quantitative estimate of drug-likeness (QED) is 0.798. The van der Waals surface area contributed by atoms with Gasteiger partial charge < -0.3 is 19.5 Å². The van der Waals surface area contributed by atoms with E-state index in [1.165, 1.54) is 0 Å². The van der Waals surface area contributed by atoms with Gasteiger partial charge in [0.1, 0.15) is 11.5 Å². The summed E-state index contributed by atoms with van der Waals surface area (Å²) < 4.78 is 10.6. The van der Waals surface area contributed by atoms with Crippen LogP contribution < -0.4 is 9.47 Å². The van der Waals surface area contributed by atoms with Crippen molar-refractivity contribution in [3.05, 3.63) is 59.7 Å². The summed E-state index contributed by atoms with van der Waals surface area (Å²) in [5.74, 6) is 1.71. The molecular weight excluding hydrogens is 354 g/mol. The Morgan fingerprint density at radius 3 is 2.46 bits per heavy atom. The molecule has 5 heteroatoms. The predicted octanol–water partition coefficient (Wildman–Crippen LogP) is 3.09. The molecular formula is C23H29NO4. The molecule has 1 amide bonds. The Hall–Kier alpha value is -2.53. The highest BCUT2D eigenvalue weighted by atomic mass is 16.5. The molecule has 1 atom stereocenters. The Labute approximate surface area is 166 Å². The number of aliphatic hydroxyl groups is 1. The number of ether oxygens (including phenoxy) is 2. The molecule has 3 rings (SSSR count). The highest BCUT2D eigenvalue weighted by molar-refractivity contribution is 5.79. The molecule has 5 nitrogen and oxygen atoms in total. The van der Waals surface area contributed by atoms with Crippen LogP contribution in [0.1, 0.15) is 24.0 Å². The zero-order valence-corrected chi connectivity index (χ0v) is 16.6. The van der Waals surface area contributed by atoms with E-state index in [0.717, 1.165) is 24.0 Å². The maximum Gasteiger partial charge on any atom is 0.227 e. The molecule has 1 aliphatic rings. The van der Waals surface area contributed by atoms with Crippen molar-refractivity contribution >= 4 is 5.91 Å². The van der Waals surface area contributed by atoms with E-state index in [1.54, 1.807) is 20.3 Å². The molecule has 28 heavy (non-hydrogen) atoms. The van der Waals surface area contributed by atoms with E-state index in [0.29, 0.717) is 37.4 Å². The third kappa shape index (κ3) is 5.04. The topological polar surface area (TPSA) is 59.0 Å². The van der Waals surface area contributed by atoms with Crippen molar-refractivity contribution in [2.75, 3.05) is 27.3 Å². The highest BCUT2D eigenvalue weighted by Crippen LogP contribution is 2.27. The number of benzene rings is 2. The number of likely N-dealkylation sites (tertiary alicyclic amines) is 1. The molecule has 2 aromatic carbocycles.